The zero-order chi connectivity index (χ0) is 22.3. The van der Waals surface area contributed by atoms with Gasteiger partial charge >= 0.3 is 6.09 Å². The van der Waals surface area contributed by atoms with Gasteiger partial charge < -0.3 is 20.1 Å². The van der Waals surface area contributed by atoms with E-state index in [1.165, 1.54) is 6.33 Å². The topological polar surface area (TPSA) is 132 Å². The van der Waals surface area contributed by atoms with Crippen molar-refractivity contribution in [2.45, 2.75) is 63.2 Å². The summed E-state index contributed by atoms with van der Waals surface area (Å²) in [4.78, 5) is 20.8. The molecule has 0 aromatic carbocycles. The van der Waals surface area contributed by atoms with Gasteiger partial charge in [-0.3, -0.25) is 9.78 Å². The van der Waals surface area contributed by atoms with Crippen molar-refractivity contribution in [2.75, 3.05) is 12.4 Å². The van der Waals surface area contributed by atoms with Crippen LogP contribution < -0.4 is 10.6 Å². The van der Waals surface area contributed by atoms with E-state index in [0.717, 1.165) is 54.5 Å². The lowest BCUT2D eigenvalue weighted by Gasteiger charge is -2.16. The van der Waals surface area contributed by atoms with E-state index in [1.807, 2.05) is 20.0 Å². The molecule has 11 nitrogen and oxygen atoms in total. The number of hydrogen-bond acceptors (Lipinski definition) is 8. The lowest BCUT2D eigenvalue weighted by molar-refractivity contribution is 0.0967. The molecule has 2 aliphatic rings. The molecule has 2 saturated carbocycles. The van der Waals surface area contributed by atoms with Crippen LogP contribution in [0.2, 0.25) is 0 Å². The number of fused-ring (bicyclic) bond motifs is 1. The summed E-state index contributed by atoms with van der Waals surface area (Å²) in [7, 11) is 3.48. The van der Waals surface area contributed by atoms with E-state index in [1.54, 1.807) is 11.8 Å². The molecule has 11 heteroatoms. The van der Waals surface area contributed by atoms with Gasteiger partial charge in [0.1, 0.15) is 29.2 Å². The minimum Gasteiger partial charge on any atom is -0.446 e. The highest BCUT2D eigenvalue weighted by molar-refractivity contribution is 5.88. The number of ether oxygens (including phenoxy) is 2. The first-order valence-electron chi connectivity index (χ1n) is 10.9. The molecular formula is C21H28N8O3. The number of H-pyrrole nitrogens is 1. The molecule has 32 heavy (non-hydrogen) atoms. The van der Waals surface area contributed by atoms with Gasteiger partial charge in [-0.1, -0.05) is 0 Å². The van der Waals surface area contributed by atoms with Gasteiger partial charge in [0.05, 0.1) is 6.61 Å². The molecule has 3 N–H and O–H groups in total. The van der Waals surface area contributed by atoms with Crippen molar-refractivity contribution in [1.82, 2.24) is 35.3 Å². The Balaban J connectivity index is 1.24. The van der Waals surface area contributed by atoms with Crippen LogP contribution in [0.5, 0.6) is 0 Å². The Morgan fingerprint density at radius 3 is 2.97 bits per heavy atom. The Labute approximate surface area is 185 Å². The number of aryl methyl sites for hydroxylation is 1. The number of nitrogens with zero attached hydrogens (tertiary/aromatic N) is 5. The van der Waals surface area contributed by atoms with E-state index >= 15 is 0 Å². The molecule has 3 aromatic rings. The molecular weight excluding hydrogens is 412 g/mol. The van der Waals surface area contributed by atoms with Crippen molar-refractivity contribution in [3.8, 4) is 0 Å². The fraction of sp³-hybridized carbons (Fsp3) is 0.571. The molecule has 0 bridgehead atoms. The predicted molar refractivity (Wildman–Crippen MR) is 117 cm³/mol. The van der Waals surface area contributed by atoms with Gasteiger partial charge in [-0.05, 0) is 39.0 Å². The second kappa shape index (κ2) is 8.05. The quantitative estimate of drug-likeness (QED) is 0.511. The summed E-state index contributed by atoms with van der Waals surface area (Å²) in [5.41, 5.74) is 3.24. The molecule has 0 saturated heterocycles. The van der Waals surface area contributed by atoms with Crippen molar-refractivity contribution in [3.63, 3.8) is 0 Å². The van der Waals surface area contributed by atoms with E-state index in [-0.39, 0.29) is 23.7 Å². The van der Waals surface area contributed by atoms with Crippen LogP contribution in [0.15, 0.2) is 12.4 Å². The number of nitrogens with one attached hydrogen (secondary N) is 3. The second-order valence-electron chi connectivity index (χ2n) is 8.98. The molecule has 3 heterocycles. The van der Waals surface area contributed by atoms with Crippen LogP contribution in [0.25, 0.3) is 11.0 Å². The highest BCUT2D eigenvalue weighted by Gasteiger charge is 2.40. The van der Waals surface area contributed by atoms with Crippen molar-refractivity contribution in [3.05, 3.63) is 23.8 Å². The minimum atomic E-state index is -0.306. The number of hydrogen-bond donors (Lipinski definition) is 3. The highest BCUT2D eigenvalue weighted by atomic mass is 16.6. The molecule has 3 aromatic heterocycles. The zero-order valence-electron chi connectivity index (χ0n) is 18.5. The monoisotopic (exact) mass is 440 g/mol. The Hall–Kier alpha value is -3.21. The molecule has 0 aliphatic heterocycles. The van der Waals surface area contributed by atoms with Crippen LogP contribution >= 0.6 is 0 Å². The van der Waals surface area contributed by atoms with Crippen LogP contribution in [0, 0.1) is 0 Å². The molecule has 2 aliphatic carbocycles. The third kappa shape index (κ3) is 4.12. The lowest BCUT2D eigenvalue weighted by atomic mass is 10.0. The Morgan fingerprint density at radius 2 is 2.19 bits per heavy atom. The maximum atomic E-state index is 12.1. The van der Waals surface area contributed by atoms with Crippen molar-refractivity contribution in [1.29, 1.82) is 0 Å². The highest BCUT2D eigenvalue weighted by Crippen LogP contribution is 2.37. The molecule has 0 spiro atoms. The minimum absolute atomic E-state index is 0.0658. The van der Waals surface area contributed by atoms with Gasteiger partial charge in [0.25, 0.3) is 0 Å². The first-order valence-corrected chi connectivity index (χ1v) is 10.9. The number of methoxy groups -OCH3 is 1. The Bertz CT molecular complexity index is 1140. The average Bonchev–Trinajstić information content (AvgIpc) is 3.13. The molecule has 5 rings (SSSR count). The van der Waals surface area contributed by atoms with Crippen LogP contribution in [0.4, 0.5) is 16.4 Å². The molecule has 170 valence electrons. The third-order valence-corrected chi connectivity index (χ3v) is 6.32. The maximum absolute atomic E-state index is 12.1. The number of rotatable bonds is 7. The summed E-state index contributed by atoms with van der Waals surface area (Å²) in [5.74, 6) is 1.56. The average molecular weight is 441 g/mol. The third-order valence-electron chi connectivity index (χ3n) is 6.32. The van der Waals surface area contributed by atoms with Gasteiger partial charge in [0, 0.05) is 37.4 Å². The molecule has 2 fully saturated rings. The van der Waals surface area contributed by atoms with Gasteiger partial charge in [-0.2, -0.15) is 10.2 Å². The number of carbonyl (C=O) groups excluding carboxylic acids is 1. The van der Waals surface area contributed by atoms with Crippen LogP contribution in [-0.2, 0) is 23.1 Å². The lowest BCUT2D eigenvalue weighted by Crippen LogP contribution is -2.36. The maximum Gasteiger partial charge on any atom is 0.407 e. The van der Waals surface area contributed by atoms with Crippen molar-refractivity contribution in [2.24, 2.45) is 7.05 Å². The number of anilines is 2. The standard InChI is InChI=1S/C21H28N8O3/c1-21(6-7-21)25-20(30)32-13-5-4-12(8-13)14-9-16(27-26-14)24-19-18-17(22-11-23-19)15(10-31-3)28-29(18)2/h9,11-13H,4-8,10H2,1-3H3,(H,25,30)(H2,22,23,24,26,27). The van der Waals surface area contributed by atoms with Crippen LogP contribution in [-0.4, -0.2) is 54.8 Å². The van der Waals surface area contributed by atoms with E-state index in [9.17, 15) is 4.79 Å². The van der Waals surface area contributed by atoms with E-state index in [2.05, 4.69) is 35.9 Å². The van der Waals surface area contributed by atoms with Crippen molar-refractivity contribution >= 4 is 28.8 Å². The largest absolute Gasteiger partial charge is 0.446 e. The summed E-state index contributed by atoms with van der Waals surface area (Å²) in [6.07, 6.45) is 5.74. The van der Waals surface area contributed by atoms with Crippen LogP contribution in [0.1, 0.15) is 56.3 Å². The summed E-state index contributed by atoms with van der Waals surface area (Å²) in [6.45, 7) is 2.42. The van der Waals surface area contributed by atoms with E-state index in [0.29, 0.717) is 18.2 Å². The second-order valence-corrected chi connectivity index (χ2v) is 8.98. The fourth-order valence-corrected chi connectivity index (χ4v) is 4.30. The summed E-state index contributed by atoms with van der Waals surface area (Å²) >= 11 is 0. The first kappa shape index (κ1) is 20.7. The van der Waals surface area contributed by atoms with Crippen LogP contribution in [0.3, 0.4) is 0 Å². The Morgan fingerprint density at radius 1 is 1.34 bits per heavy atom. The van der Waals surface area contributed by atoms with Gasteiger partial charge in [0.2, 0.25) is 0 Å². The summed E-state index contributed by atoms with van der Waals surface area (Å²) < 4.78 is 12.6. The predicted octanol–water partition coefficient (Wildman–Crippen LogP) is 2.89. The van der Waals surface area contributed by atoms with E-state index in [4.69, 9.17) is 9.47 Å². The van der Waals surface area contributed by atoms with Gasteiger partial charge in [0.15, 0.2) is 11.6 Å². The summed E-state index contributed by atoms with van der Waals surface area (Å²) in [5, 5.41) is 18.2. The van der Waals surface area contributed by atoms with Crippen molar-refractivity contribution < 1.29 is 14.3 Å². The number of carbonyl (C=O) groups is 1. The molecule has 2 unspecified atom stereocenters. The molecule has 1 amide bonds. The number of alkyl carbamates (subject to hydrolysis) is 1. The van der Waals surface area contributed by atoms with Gasteiger partial charge in [-0.25, -0.2) is 14.8 Å². The molecule has 2 atom stereocenters. The number of aromatic nitrogens is 6. The van der Waals surface area contributed by atoms with Gasteiger partial charge in [-0.15, -0.1) is 0 Å². The SMILES string of the molecule is COCc1nn(C)c2c(Nc3cc(C4CCC(OC(=O)NC5(C)CC5)C4)[nH]n3)ncnc12. The summed E-state index contributed by atoms with van der Waals surface area (Å²) in [6, 6.07) is 1.98. The number of aromatic amines is 1. The number of amides is 1. The first-order chi connectivity index (χ1) is 15.4. The zero-order valence-corrected chi connectivity index (χ0v) is 18.5. The Kier molecular flexibility index (Phi) is 5.20. The fourth-order valence-electron chi connectivity index (χ4n) is 4.30. The molecule has 0 radical (unpaired) electrons. The van der Waals surface area contributed by atoms with E-state index < -0.39 is 0 Å². The smallest absolute Gasteiger partial charge is 0.407 e. The normalized spacial score (nSPS) is 21.6.